The molecule has 0 saturated heterocycles. The van der Waals surface area contributed by atoms with Gasteiger partial charge in [0.2, 0.25) is 5.91 Å². The predicted octanol–water partition coefficient (Wildman–Crippen LogP) is 3.26. The first-order valence-corrected chi connectivity index (χ1v) is 9.68. The van der Waals surface area contributed by atoms with Crippen LogP contribution in [-0.2, 0) is 16.0 Å². The van der Waals surface area contributed by atoms with E-state index >= 15 is 0 Å². The number of hydrogen-bond donors (Lipinski definition) is 4. The van der Waals surface area contributed by atoms with Gasteiger partial charge >= 0.3 is 0 Å². The summed E-state index contributed by atoms with van der Waals surface area (Å²) in [6.07, 6.45) is 2.15. The lowest BCUT2D eigenvalue weighted by Gasteiger charge is -2.19. The van der Waals surface area contributed by atoms with Crippen molar-refractivity contribution in [3.63, 3.8) is 0 Å². The molecule has 156 valence electrons. The van der Waals surface area contributed by atoms with Gasteiger partial charge in [-0.1, -0.05) is 30.3 Å². The Morgan fingerprint density at radius 1 is 1.07 bits per heavy atom. The summed E-state index contributed by atoms with van der Waals surface area (Å²) in [5, 5.41) is 14.9. The SMILES string of the molecule is Cc1cc(NC(CCCCNC(=O)Cc2ccccc2)C(=O)NO)cc(C)c1F. The second-order valence-corrected chi connectivity index (χ2v) is 7.11. The molecular formula is C22H28FN3O3. The number of anilines is 1. The highest BCUT2D eigenvalue weighted by molar-refractivity contribution is 5.83. The monoisotopic (exact) mass is 401 g/mol. The van der Waals surface area contributed by atoms with E-state index in [1.807, 2.05) is 30.3 Å². The molecule has 2 amide bonds. The van der Waals surface area contributed by atoms with Crippen LogP contribution in [0.1, 0.15) is 36.0 Å². The van der Waals surface area contributed by atoms with Gasteiger partial charge in [-0.3, -0.25) is 14.8 Å². The lowest BCUT2D eigenvalue weighted by atomic mass is 10.1. The van der Waals surface area contributed by atoms with Gasteiger partial charge in [-0.15, -0.1) is 0 Å². The third-order valence-corrected chi connectivity index (χ3v) is 4.65. The van der Waals surface area contributed by atoms with Gasteiger partial charge in [-0.25, -0.2) is 9.87 Å². The van der Waals surface area contributed by atoms with Gasteiger partial charge in [0, 0.05) is 12.2 Å². The van der Waals surface area contributed by atoms with Crippen LogP contribution in [0.25, 0.3) is 0 Å². The van der Waals surface area contributed by atoms with Crippen molar-refractivity contribution in [2.45, 2.75) is 45.6 Å². The van der Waals surface area contributed by atoms with Gasteiger partial charge in [0.1, 0.15) is 11.9 Å². The van der Waals surface area contributed by atoms with E-state index in [-0.39, 0.29) is 11.7 Å². The molecule has 2 aromatic carbocycles. The third-order valence-electron chi connectivity index (χ3n) is 4.65. The fourth-order valence-corrected chi connectivity index (χ4v) is 3.12. The van der Waals surface area contributed by atoms with E-state index in [0.717, 1.165) is 5.56 Å². The molecule has 1 unspecified atom stereocenters. The fraction of sp³-hybridized carbons (Fsp3) is 0.364. The molecule has 0 heterocycles. The van der Waals surface area contributed by atoms with Crippen LogP contribution in [-0.4, -0.2) is 29.6 Å². The molecule has 2 aromatic rings. The Labute approximate surface area is 170 Å². The molecule has 7 heteroatoms. The highest BCUT2D eigenvalue weighted by Crippen LogP contribution is 2.20. The van der Waals surface area contributed by atoms with Crippen molar-refractivity contribution in [2.24, 2.45) is 0 Å². The van der Waals surface area contributed by atoms with Crippen molar-refractivity contribution in [2.75, 3.05) is 11.9 Å². The quantitative estimate of drug-likeness (QED) is 0.279. The van der Waals surface area contributed by atoms with Crippen molar-refractivity contribution in [3.8, 4) is 0 Å². The zero-order chi connectivity index (χ0) is 21.2. The number of nitrogens with one attached hydrogen (secondary N) is 3. The van der Waals surface area contributed by atoms with E-state index in [9.17, 15) is 14.0 Å². The minimum absolute atomic E-state index is 0.0451. The first-order valence-electron chi connectivity index (χ1n) is 9.68. The number of aryl methyl sites for hydroxylation is 2. The van der Waals surface area contributed by atoms with Crippen LogP contribution in [0.15, 0.2) is 42.5 Å². The number of carbonyl (C=O) groups is 2. The summed E-state index contributed by atoms with van der Waals surface area (Å²) >= 11 is 0. The van der Waals surface area contributed by atoms with Crippen LogP contribution in [0, 0.1) is 19.7 Å². The first-order chi connectivity index (χ1) is 13.9. The van der Waals surface area contributed by atoms with Gasteiger partial charge in [-0.05, 0) is 61.9 Å². The highest BCUT2D eigenvalue weighted by atomic mass is 19.1. The molecule has 4 N–H and O–H groups in total. The second-order valence-electron chi connectivity index (χ2n) is 7.11. The molecule has 0 aliphatic heterocycles. The van der Waals surface area contributed by atoms with Crippen LogP contribution in [0.5, 0.6) is 0 Å². The Morgan fingerprint density at radius 3 is 2.34 bits per heavy atom. The van der Waals surface area contributed by atoms with Crippen LogP contribution in [0.4, 0.5) is 10.1 Å². The first kappa shape index (κ1) is 22.4. The molecule has 29 heavy (non-hydrogen) atoms. The average molecular weight is 401 g/mol. The third kappa shape index (κ3) is 7.19. The van der Waals surface area contributed by atoms with Crippen molar-refractivity contribution in [3.05, 3.63) is 65.0 Å². The maximum atomic E-state index is 13.8. The van der Waals surface area contributed by atoms with Gasteiger partial charge < -0.3 is 10.6 Å². The molecule has 0 bridgehead atoms. The van der Waals surface area contributed by atoms with Crippen molar-refractivity contribution in [1.82, 2.24) is 10.8 Å². The zero-order valence-corrected chi connectivity index (χ0v) is 16.8. The molecule has 0 aromatic heterocycles. The smallest absolute Gasteiger partial charge is 0.265 e. The summed E-state index contributed by atoms with van der Waals surface area (Å²) in [6, 6.07) is 12.1. The average Bonchev–Trinajstić information content (AvgIpc) is 2.71. The number of benzene rings is 2. The van der Waals surface area contributed by atoms with Crippen LogP contribution in [0.3, 0.4) is 0 Å². The number of unbranched alkanes of at least 4 members (excludes halogenated alkanes) is 1. The van der Waals surface area contributed by atoms with Gasteiger partial charge in [0.25, 0.3) is 5.91 Å². The standard InChI is InChI=1S/C22H28FN3O3/c1-15-12-18(13-16(2)21(15)23)25-19(22(28)26-29)10-6-7-11-24-20(27)14-17-8-4-3-5-9-17/h3-5,8-9,12-13,19,25,29H,6-7,10-11,14H2,1-2H3,(H,24,27)(H,26,28). The van der Waals surface area contributed by atoms with E-state index in [2.05, 4.69) is 10.6 Å². The fourth-order valence-electron chi connectivity index (χ4n) is 3.12. The predicted molar refractivity (Wildman–Crippen MR) is 110 cm³/mol. The second kappa shape index (κ2) is 11.2. The summed E-state index contributed by atoms with van der Waals surface area (Å²) in [4.78, 5) is 23.9. The summed E-state index contributed by atoms with van der Waals surface area (Å²) in [6.45, 7) is 3.83. The van der Waals surface area contributed by atoms with Crippen molar-refractivity contribution in [1.29, 1.82) is 0 Å². The van der Waals surface area contributed by atoms with E-state index in [0.29, 0.717) is 49.0 Å². The molecule has 0 radical (unpaired) electrons. The Bertz CT molecular complexity index is 804. The van der Waals surface area contributed by atoms with Crippen molar-refractivity contribution >= 4 is 17.5 Å². The van der Waals surface area contributed by atoms with Crippen LogP contribution >= 0.6 is 0 Å². The maximum Gasteiger partial charge on any atom is 0.265 e. The normalized spacial score (nSPS) is 11.6. The van der Waals surface area contributed by atoms with E-state index in [1.54, 1.807) is 31.5 Å². The van der Waals surface area contributed by atoms with Gasteiger partial charge in [-0.2, -0.15) is 0 Å². The number of carbonyl (C=O) groups excluding carboxylic acids is 2. The Hall–Kier alpha value is -2.93. The van der Waals surface area contributed by atoms with E-state index < -0.39 is 11.9 Å². The Kier molecular flexibility index (Phi) is 8.61. The number of rotatable bonds is 10. The minimum atomic E-state index is -0.663. The Balaban J connectivity index is 1.79. The van der Waals surface area contributed by atoms with Crippen LogP contribution in [0.2, 0.25) is 0 Å². The molecule has 0 spiro atoms. The highest BCUT2D eigenvalue weighted by Gasteiger charge is 2.18. The molecule has 0 saturated carbocycles. The topological polar surface area (TPSA) is 90.5 Å². The molecule has 0 aliphatic rings. The van der Waals surface area contributed by atoms with E-state index in [1.165, 1.54) is 0 Å². The number of halogens is 1. The maximum absolute atomic E-state index is 13.8. The molecule has 1 atom stereocenters. The van der Waals surface area contributed by atoms with Gasteiger partial charge in [0.15, 0.2) is 0 Å². The van der Waals surface area contributed by atoms with E-state index in [4.69, 9.17) is 5.21 Å². The largest absolute Gasteiger partial charge is 0.374 e. The summed E-state index contributed by atoms with van der Waals surface area (Å²) in [5.74, 6) is -0.876. The zero-order valence-electron chi connectivity index (χ0n) is 16.8. The Morgan fingerprint density at radius 2 is 1.72 bits per heavy atom. The minimum Gasteiger partial charge on any atom is -0.374 e. The van der Waals surface area contributed by atoms with Crippen LogP contribution < -0.4 is 16.1 Å². The molecule has 0 aliphatic carbocycles. The summed E-state index contributed by atoms with van der Waals surface area (Å²) in [7, 11) is 0. The van der Waals surface area contributed by atoms with Crippen molar-refractivity contribution < 1.29 is 19.2 Å². The van der Waals surface area contributed by atoms with Gasteiger partial charge in [0.05, 0.1) is 6.42 Å². The summed E-state index contributed by atoms with van der Waals surface area (Å²) in [5.41, 5.74) is 4.21. The summed E-state index contributed by atoms with van der Waals surface area (Å²) < 4.78 is 13.8. The molecule has 6 nitrogen and oxygen atoms in total. The lowest BCUT2D eigenvalue weighted by Crippen LogP contribution is -2.38. The number of hydroxylamine groups is 1. The molecule has 0 fully saturated rings. The molecule has 2 rings (SSSR count). The molecular weight excluding hydrogens is 373 g/mol. The lowest BCUT2D eigenvalue weighted by molar-refractivity contribution is -0.130. The number of hydrogen-bond acceptors (Lipinski definition) is 4. The number of amides is 2.